The predicted octanol–water partition coefficient (Wildman–Crippen LogP) is 3.53. The summed E-state index contributed by atoms with van der Waals surface area (Å²) in [5, 5.41) is 3.85. The first-order valence-electron chi connectivity index (χ1n) is 9.73. The van der Waals surface area contributed by atoms with E-state index in [0.29, 0.717) is 30.0 Å². The normalized spacial score (nSPS) is 11.1. The number of hydrogen-bond donors (Lipinski definition) is 2. The van der Waals surface area contributed by atoms with Gasteiger partial charge in [0, 0.05) is 23.6 Å². The highest BCUT2D eigenvalue weighted by Crippen LogP contribution is 2.28. The van der Waals surface area contributed by atoms with Gasteiger partial charge in [0.05, 0.1) is 19.7 Å². The van der Waals surface area contributed by atoms with E-state index in [9.17, 15) is 9.59 Å². The highest BCUT2D eigenvalue weighted by molar-refractivity contribution is 5.91. The molecule has 0 aliphatic carbocycles. The van der Waals surface area contributed by atoms with E-state index < -0.39 is 0 Å². The summed E-state index contributed by atoms with van der Waals surface area (Å²) in [5.41, 5.74) is 4.36. The van der Waals surface area contributed by atoms with Gasteiger partial charge < -0.3 is 19.8 Å². The first-order chi connectivity index (χ1) is 14.4. The van der Waals surface area contributed by atoms with Gasteiger partial charge in [-0.3, -0.25) is 9.59 Å². The van der Waals surface area contributed by atoms with Gasteiger partial charge in [0.1, 0.15) is 0 Å². The molecule has 0 unspecified atom stereocenters. The lowest BCUT2D eigenvalue weighted by Crippen LogP contribution is -2.25. The quantitative estimate of drug-likeness (QED) is 0.588. The van der Waals surface area contributed by atoms with E-state index in [2.05, 4.69) is 10.3 Å². The average molecular weight is 406 g/mol. The molecule has 1 amide bonds. The third-order valence-electron chi connectivity index (χ3n) is 5.05. The van der Waals surface area contributed by atoms with Gasteiger partial charge in [-0.15, -0.1) is 0 Å². The molecule has 0 aliphatic rings. The molecule has 30 heavy (non-hydrogen) atoms. The number of aryl methyl sites for hydroxylation is 2. The van der Waals surface area contributed by atoms with Crippen LogP contribution >= 0.6 is 0 Å². The van der Waals surface area contributed by atoms with Crippen LogP contribution in [0.15, 0.2) is 47.3 Å². The Kier molecular flexibility index (Phi) is 6.57. The molecule has 0 aliphatic heterocycles. The van der Waals surface area contributed by atoms with Crippen molar-refractivity contribution in [3.63, 3.8) is 0 Å². The van der Waals surface area contributed by atoms with Crippen LogP contribution in [-0.4, -0.2) is 31.7 Å². The molecule has 3 rings (SSSR count). The maximum atomic E-state index is 12.4. The second-order valence-corrected chi connectivity index (χ2v) is 7.10. The lowest BCUT2D eigenvalue weighted by molar-refractivity contribution is -0.116. The van der Waals surface area contributed by atoms with Gasteiger partial charge in [-0.25, -0.2) is 0 Å². The van der Waals surface area contributed by atoms with Crippen molar-refractivity contribution in [3.8, 4) is 11.5 Å². The van der Waals surface area contributed by atoms with Gasteiger partial charge in [0.25, 0.3) is 5.56 Å². The Bertz CT molecular complexity index is 1160. The fraction of sp³-hybridized carbons (Fsp3) is 0.250. The van der Waals surface area contributed by atoms with Crippen molar-refractivity contribution in [3.05, 3.63) is 75.1 Å². The Morgan fingerprint density at radius 3 is 2.50 bits per heavy atom. The molecule has 0 saturated carbocycles. The van der Waals surface area contributed by atoms with E-state index in [-0.39, 0.29) is 11.5 Å². The smallest absolute Gasteiger partial charge is 0.251 e. The zero-order valence-corrected chi connectivity index (χ0v) is 17.7. The summed E-state index contributed by atoms with van der Waals surface area (Å²) in [7, 11) is 3.14. The molecular weight excluding hydrogens is 380 g/mol. The molecule has 0 saturated heterocycles. The molecule has 1 heterocycles. The second-order valence-electron chi connectivity index (χ2n) is 7.10. The molecule has 6 heteroatoms. The lowest BCUT2D eigenvalue weighted by Gasteiger charge is -2.08. The van der Waals surface area contributed by atoms with Crippen LogP contribution in [0.1, 0.15) is 22.3 Å². The van der Waals surface area contributed by atoms with Crippen molar-refractivity contribution in [1.82, 2.24) is 10.3 Å². The number of ether oxygens (including phenoxy) is 2. The highest BCUT2D eigenvalue weighted by Gasteiger charge is 2.08. The van der Waals surface area contributed by atoms with E-state index in [0.717, 1.165) is 27.6 Å². The van der Waals surface area contributed by atoms with Crippen molar-refractivity contribution >= 4 is 22.9 Å². The molecular formula is C24H26N2O4. The SMILES string of the molecule is COc1ccc(C=CC(=O)NCCc2cc3c(C)ccc(C)c3[nH]c2=O)cc1OC. The number of carbonyl (C=O) groups is 1. The third-order valence-corrected chi connectivity index (χ3v) is 5.05. The van der Waals surface area contributed by atoms with Crippen LogP contribution in [0.3, 0.4) is 0 Å². The minimum Gasteiger partial charge on any atom is -0.493 e. The lowest BCUT2D eigenvalue weighted by atomic mass is 10.0. The standard InChI is InChI=1S/C24H26N2O4/c1-15-5-6-16(2)23-19(15)14-18(24(28)26-23)11-12-25-22(27)10-8-17-7-9-20(29-3)21(13-17)30-4/h5-10,13-14H,11-12H2,1-4H3,(H,25,27)(H,26,28). The molecule has 1 aromatic heterocycles. The number of carbonyl (C=O) groups excluding carboxylic acids is 1. The molecule has 3 aromatic rings. The first-order valence-corrected chi connectivity index (χ1v) is 9.73. The molecule has 2 N–H and O–H groups in total. The van der Waals surface area contributed by atoms with E-state index in [4.69, 9.17) is 9.47 Å². The Morgan fingerprint density at radius 2 is 1.77 bits per heavy atom. The Balaban J connectivity index is 1.63. The summed E-state index contributed by atoms with van der Waals surface area (Å²) in [6.45, 7) is 4.36. The number of rotatable bonds is 7. The van der Waals surface area contributed by atoms with E-state index in [1.165, 1.54) is 6.08 Å². The van der Waals surface area contributed by atoms with Crippen molar-refractivity contribution < 1.29 is 14.3 Å². The molecule has 0 atom stereocenters. The van der Waals surface area contributed by atoms with Crippen molar-refractivity contribution in [2.75, 3.05) is 20.8 Å². The van der Waals surface area contributed by atoms with Crippen molar-refractivity contribution in [2.24, 2.45) is 0 Å². The Morgan fingerprint density at radius 1 is 1.03 bits per heavy atom. The monoisotopic (exact) mass is 406 g/mol. The first kappa shape index (κ1) is 21.2. The van der Waals surface area contributed by atoms with Gasteiger partial charge in [0.2, 0.25) is 5.91 Å². The minimum atomic E-state index is -0.228. The highest BCUT2D eigenvalue weighted by atomic mass is 16.5. The van der Waals surface area contributed by atoms with Gasteiger partial charge in [-0.1, -0.05) is 18.2 Å². The van der Waals surface area contributed by atoms with Crippen molar-refractivity contribution in [1.29, 1.82) is 0 Å². The number of aromatic amines is 1. The number of nitrogens with one attached hydrogen (secondary N) is 2. The Hall–Kier alpha value is -3.54. The largest absolute Gasteiger partial charge is 0.493 e. The summed E-state index contributed by atoms with van der Waals surface area (Å²) >= 11 is 0. The van der Waals surface area contributed by atoms with Crippen LogP contribution in [0, 0.1) is 13.8 Å². The molecule has 6 nitrogen and oxygen atoms in total. The van der Waals surface area contributed by atoms with E-state index in [1.54, 1.807) is 32.4 Å². The minimum absolute atomic E-state index is 0.119. The maximum absolute atomic E-state index is 12.4. The van der Waals surface area contributed by atoms with Crippen LogP contribution in [-0.2, 0) is 11.2 Å². The van der Waals surface area contributed by atoms with Crippen molar-refractivity contribution in [2.45, 2.75) is 20.3 Å². The van der Waals surface area contributed by atoms with E-state index >= 15 is 0 Å². The van der Waals surface area contributed by atoms with Gasteiger partial charge in [0.15, 0.2) is 11.5 Å². The summed E-state index contributed by atoms with van der Waals surface area (Å²) < 4.78 is 10.5. The number of fused-ring (bicyclic) bond motifs is 1. The second kappa shape index (κ2) is 9.31. The number of methoxy groups -OCH3 is 2. The molecule has 2 aromatic carbocycles. The summed E-state index contributed by atoms with van der Waals surface area (Å²) in [6.07, 6.45) is 3.61. The van der Waals surface area contributed by atoms with Gasteiger partial charge >= 0.3 is 0 Å². The number of hydrogen-bond acceptors (Lipinski definition) is 4. The number of benzene rings is 2. The fourth-order valence-electron chi connectivity index (χ4n) is 3.31. The summed E-state index contributed by atoms with van der Waals surface area (Å²) in [6, 6.07) is 11.4. The number of pyridine rings is 1. The summed E-state index contributed by atoms with van der Waals surface area (Å²) in [5.74, 6) is 1.00. The predicted molar refractivity (Wildman–Crippen MR) is 119 cm³/mol. The van der Waals surface area contributed by atoms with Crippen LogP contribution in [0.2, 0.25) is 0 Å². The van der Waals surface area contributed by atoms with Crippen LogP contribution in [0.5, 0.6) is 11.5 Å². The third kappa shape index (κ3) is 4.71. The number of H-pyrrole nitrogens is 1. The fourth-order valence-corrected chi connectivity index (χ4v) is 3.31. The number of aromatic nitrogens is 1. The molecule has 0 radical (unpaired) electrons. The average Bonchev–Trinajstić information content (AvgIpc) is 2.75. The topological polar surface area (TPSA) is 80.4 Å². The van der Waals surface area contributed by atoms with Crippen LogP contribution in [0.4, 0.5) is 0 Å². The van der Waals surface area contributed by atoms with Gasteiger partial charge in [-0.05, 0) is 61.2 Å². The van der Waals surface area contributed by atoms with Crippen LogP contribution in [0.25, 0.3) is 17.0 Å². The van der Waals surface area contributed by atoms with Gasteiger partial charge in [-0.2, -0.15) is 0 Å². The summed E-state index contributed by atoms with van der Waals surface area (Å²) in [4.78, 5) is 27.5. The molecule has 156 valence electrons. The Labute approximate surface area is 175 Å². The zero-order chi connectivity index (χ0) is 21.7. The zero-order valence-electron chi connectivity index (χ0n) is 17.7. The molecule has 0 fully saturated rings. The van der Waals surface area contributed by atoms with Crippen LogP contribution < -0.4 is 20.3 Å². The van der Waals surface area contributed by atoms with E-state index in [1.807, 2.05) is 38.1 Å². The molecule has 0 bridgehead atoms. The number of amides is 1. The maximum Gasteiger partial charge on any atom is 0.251 e. The molecule has 0 spiro atoms.